The van der Waals surface area contributed by atoms with Crippen molar-refractivity contribution in [3.05, 3.63) is 0 Å². The predicted octanol–water partition coefficient (Wildman–Crippen LogP) is 6.79. The summed E-state index contributed by atoms with van der Waals surface area (Å²) in [5.74, 6) is -60.9. The van der Waals surface area contributed by atoms with Crippen molar-refractivity contribution in [2.45, 2.75) is 86.3 Å². The average Bonchev–Trinajstić information content (AvgIpc) is 2.71. The molecule has 35 heavy (non-hydrogen) atoms. The summed E-state index contributed by atoms with van der Waals surface area (Å²) in [5, 5.41) is 0. The maximum Gasteiger partial charge on any atom is 0.460 e. The van der Waals surface area contributed by atoms with Gasteiger partial charge in [0.1, 0.15) is 0 Å². The van der Waals surface area contributed by atoms with Crippen LogP contribution in [0, 0.1) is 0 Å². The van der Waals surface area contributed by atoms with Crippen molar-refractivity contribution < 1.29 is 79.4 Å². The van der Waals surface area contributed by atoms with E-state index in [2.05, 4.69) is 0 Å². The molecule has 1 saturated heterocycles. The Morgan fingerprint density at radius 3 is 1.37 bits per heavy atom. The van der Waals surface area contributed by atoms with Crippen molar-refractivity contribution in [3.8, 4) is 0 Å². The number of carbonyl (C=O) groups is 1. The molecule has 1 amide bonds. The normalized spacial score (nSPS) is 20.3. The maximum absolute atomic E-state index is 14.1. The number of piperidine rings is 1. The molecule has 1 heterocycles. The Kier molecular flexibility index (Phi) is 7.78. The molecule has 1 fully saturated rings. The fourth-order valence-corrected chi connectivity index (χ4v) is 3.17. The summed E-state index contributed by atoms with van der Waals surface area (Å²) >= 11 is 0. The van der Waals surface area contributed by atoms with Crippen molar-refractivity contribution in [1.82, 2.24) is 4.90 Å². The molecule has 0 aromatic rings. The first-order chi connectivity index (χ1) is 15.2. The molecule has 0 saturated carbocycles. The van der Waals surface area contributed by atoms with Gasteiger partial charge in [0.05, 0.1) is 0 Å². The zero-order valence-corrected chi connectivity index (χ0v) is 16.9. The summed E-state index contributed by atoms with van der Waals surface area (Å²) in [5.41, 5.74) is 0. The second-order valence-electron chi connectivity index (χ2n) is 7.57. The largest absolute Gasteiger partial charge is 0.460 e. The molecule has 0 bridgehead atoms. The van der Waals surface area contributed by atoms with E-state index >= 15 is 0 Å². The lowest BCUT2D eigenvalue weighted by atomic mass is 9.88. The third-order valence-electron chi connectivity index (χ3n) is 5.35. The molecule has 0 spiro atoms. The zero-order chi connectivity index (χ0) is 28.3. The Morgan fingerprint density at radius 2 is 1.00 bits per heavy atom. The van der Waals surface area contributed by atoms with Crippen LogP contribution >= 0.6 is 0 Å². The van der Waals surface area contributed by atoms with Crippen LogP contribution in [0.3, 0.4) is 0 Å². The summed E-state index contributed by atoms with van der Waals surface area (Å²) in [6.45, 7) is 0.371. The van der Waals surface area contributed by atoms with Gasteiger partial charge < -0.3 is 4.90 Å². The summed E-state index contributed by atoms with van der Waals surface area (Å²) in [7, 11) is 0. The van der Waals surface area contributed by atoms with E-state index in [0.29, 0.717) is 0 Å². The van der Waals surface area contributed by atoms with Gasteiger partial charge in [0.25, 0.3) is 5.91 Å². The van der Waals surface area contributed by atoms with Crippen LogP contribution in [0.25, 0.3) is 0 Å². The molecule has 208 valence electrons. The SMILES string of the molecule is CCC1CCCCN1C(=O)C(F)(F)C(F)(F)C(F)(F)C(F)(F)C(F)(F)C(F)(F)C(F)(F)C(F)(F)F. The number of alkyl halides is 17. The third-order valence-corrected chi connectivity index (χ3v) is 5.35. The molecule has 0 aromatic carbocycles. The molecule has 0 aromatic heterocycles. The van der Waals surface area contributed by atoms with Crippen molar-refractivity contribution in [2.75, 3.05) is 6.54 Å². The Bertz CT molecular complexity index is 787. The Hall–Kier alpha value is -1.72. The molecule has 1 aliphatic heterocycles. The molecule has 0 aliphatic carbocycles. The van der Waals surface area contributed by atoms with E-state index in [4.69, 9.17) is 0 Å². The van der Waals surface area contributed by atoms with Gasteiger partial charge in [0, 0.05) is 12.6 Å². The first-order valence-corrected chi connectivity index (χ1v) is 9.24. The molecular weight excluding hydrogens is 545 g/mol. The predicted molar refractivity (Wildman–Crippen MR) is 80.3 cm³/mol. The summed E-state index contributed by atoms with van der Waals surface area (Å²) < 4.78 is 226. The molecule has 0 radical (unpaired) electrons. The minimum absolute atomic E-state index is 0.170. The average molecular weight is 559 g/mol. The highest BCUT2D eigenvalue weighted by atomic mass is 19.4. The number of halogens is 17. The lowest BCUT2D eigenvalue weighted by molar-refractivity contribution is -0.459. The number of likely N-dealkylation sites (tertiary alicyclic amines) is 1. The van der Waals surface area contributed by atoms with Crippen molar-refractivity contribution in [1.29, 1.82) is 0 Å². The van der Waals surface area contributed by atoms with E-state index in [9.17, 15) is 79.4 Å². The van der Waals surface area contributed by atoms with Gasteiger partial charge >= 0.3 is 47.6 Å². The van der Waals surface area contributed by atoms with E-state index < -0.39 is 66.1 Å². The molecule has 1 unspecified atom stereocenters. The highest BCUT2D eigenvalue weighted by molar-refractivity contribution is 5.85. The van der Waals surface area contributed by atoms with Gasteiger partial charge in [-0.15, -0.1) is 0 Å². The highest BCUT2D eigenvalue weighted by Crippen LogP contribution is 2.64. The molecule has 2 nitrogen and oxygen atoms in total. The standard InChI is InChI=1S/C16H14F17NO/c1-2-7-5-3-4-6-34(7)8(35)9(17,18)10(19,20)11(21,22)12(23,24)13(25,26)14(27,28)15(29,30)16(31,32)33/h7H,2-6H2,1H3. The maximum atomic E-state index is 14.1. The van der Waals surface area contributed by atoms with Crippen LogP contribution in [-0.4, -0.2) is 71.0 Å². The minimum atomic E-state index is -8.71. The van der Waals surface area contributed by atoms with Gasteiger partial charge in [0.2, 0.25) is 0 Å². The second kappa shape index (κ2) is 8.69. The quantitative estimate of drug-likeness (QED) is 0.300. The number of carbonyl (C=O) groups excluding carboxylic acids is 1. The highest BCUT2D eigenvalue weighted by Gasteiger charge is 2.95. The van der Waals surface area contributed by atoms with E-state index in [1.165, 1.54) is 6.92 Å². The van der Waals surface area contributed by atoms with Gasteiger partial charge in [-0.25, -0.2) is 0 Å². The lowest BCUT2D eigenvalue weighted by Crippen LogP contribution is -2.75. The Morgan fingerprint density at radius 1 is 0.629 bits per heavy atom. The van der Waals surface area contributed by atoms with Gasteiger partial charge in [-0.05, 0) is 25.7 Å². The van der Waals surface area contributed by atoms with Gasteiger partial charge in [-0.1, -0.05) is 6.92 Å². The lowest BCUT2D eigenvalue weighted by Gasteiger charge is -2.44. The third kappa shape index (κ3) is 4.17. The van der Waals surface area contributed by atoms with E-state index in [0.717, 1.165) is 0 Å². The van der Waals surface area contributed by atoms with Crippen LogP contribution < -0.4 is 0 Å². The van der Waals surface area contributed by atoms with Crippen LogP contribution in [0.1, 0.15) is 32.6 Å². The number of hydrogen-bond donors (Lipinski definition) is 0. The van der Waals surface area contributed by atoms with Gasteiger partial charge in [0.15, 0.2) is 0 Å². The molecule has 1 aliphatic rings. The smallest absolute Gasteiger partial charge is 0.334 e. The first kappa shape index (κ1) is 31.3. The summed E-state index contributed by atoms with van der Waals surface area (Å²) in [6, 6.07) is -1.34. The van der Waals surface area contributed by atoms with Crippen molar-refractivity contribution in [2.24, 2.45) is 0 Å². The van der Waals surface area contributed by atoms with Gasteiger partial charge in [-0.2, -0.15) is 74.6 Å². The minimum Gasteiger partial charge on any atom is -0.334 e. The van der Waals surface area contributed by atoms with Gasteiger partial charge in [-0.3, -0.25) is 4.79 Å². The summed E-state index contributed by atoms with van der Waals surface area (Å²) in [6.07, 6.45) is -8.23. The zero-order valence-electron chi connectivity index (χ0n) is 16.9. The molecule has 0 N–H and O–H groups in total. The molecule has 1 atom stereocenters. The fraction of sp³-hybridized carbons (Fsp3) is 0.938. The van der Waals surface area contributed by atoms with Crippen molar-refractivity contribution >= 4 is 5.91 Å². The number of rotatable bonds is 8. The number of hydrogen-bond acceptors (Lipinski definition) is 1. The Balaban J connectivity index is 3.61. The van der Waals surface area contributed by atoms with E-state index in [-0.39, 0.29) is 30.6 Å². The van der Waals surface area contributed by atoms with Crippen LogP contribution in [0.4, 0.5) is 74.6 Å². The second-order valence-corrected chi connectivity index (χ2v) is 7.57. The van der Waals surface area contributed by atoms with Crippen molar-refractivity contribution in [3.63, 3.8) is 0 Å². The van der Waals surface area contributed by atoms with Crippen LogP contribution in [0.15, 0.2) is 0 Å². The fourth-order valence-electron chi connectivity index (χ4n) is 3.17. The summed E-state index contributed by atoms with van der Waals surface area (Å²) in [4.78, 5) is 11.7. The van der Waals surface area contributed by atoms with Crippen LogP contribution in [-0.2, 0) is 4.79 Å². The number of amides is 1. The number of nitrogens with zero attached hydrogens (tertiary/aromatic N) is 1. The van der Waals surface area contributed by atoms with Crippen LogP contribution in [0.2, 0.25) is 0 Å². The first-order valence-electron chi connectivity index (χ1n) is 9.24. The molecule has 19 heteroatoms. The molecule has 1 rings (SSSR count). The van der Waals surface area contributed by atoms with Crippen LogP contribution in [0.5, 0.6) is 0 Å². The Labute approximate surface area is 184 Å². The van der Waals surface area contributed by atoms with E-state index in [1.807, 2.05) is 0 Å². The van der Waals surface area contributed by atoms with E-state index in [1.54, 1.807) is 0 Å². The molecular formula is C16H14F17NO. The topological polar surface area (TPSA) is 20.3 Å². The monoisotopic (exact) mass is 559 g/mol.